The number of nitrogens with zero attached hydrogens (tertiary/aromatic N) is 2. The number of nitro groups is 2. The molecule has 2 aromatic carbocycles. The van der Waals surface area contributed by atoms with Crippen LogP contribution in [-0.4, -0.2) is 35.2 Å². The first kappa shape index (κ1) is 20.1. The number of amides is 1. The minimum atomic E-state index is -1.06. The maximum Gasteiger partial charge on any atom is 0.513 e. The molecule has 1 amide bonds. The average molecular weight is 391 g/mol. The Morgan fingerprint density at radius 3 is 1.75 bits per heavy atom. The van der Waals surface area contributed by atoms with Crippen LogP contribution in [0.2, 0.25) is 0 Å². The van der Waals surface area contributed by atoms with Crippen molar-refractivity contribution < 1.29 is 33.6 Å². The molecule has 0 aromatic heterocycles. The van der Waals surface area contributed by atoms with E-state index in [1.165, 1.54) is 48.5 Å². The van der Waals surface area contributed by atoms with Crippen molar-refractivity contribution in [2.75, 3.05) is 13.2 Å². The Morgan fingerprint density at radius 1 is 0.821 bits per heavy atom. The monoisotopic (exact) mass is 391 g/mol. The van der Waals surface area contributed by atoms with Gasteiger partial charge in [-0.25, -0.2) is 9.59 Å². The number of carbonyl (C=O) groups is 2. The zero-order valence-corrected chi connectivity index (χ0v) is 14.1. The molecule has 2 rings (SSSR count). The van der Waals surface area contributed by atoms with Gasteiger partial charge in [0.1, 0.15) is 18.1 Å². The number of hydrogen-bond acceptors (Lipinski definition) is 9. The van der Waals surface area contributed by atoms with Crippen molar-refractivity contribution >= 4 is 23.6 Å². The number of hydrogen-bond donors (Lipinski definition) is 1. The number of nitrogens with one attached hydrogen (secondary N) is 1. The summed E-state index contributed by atoms with van der Waals surface area (Å²) in [5.41, 5.74) is -0.302. The van der Waals surface area contributed by atoms with Gasteiger partial charge >= 0.3 is 12.2 Å². The zero-order valence-electron chi connectivity index (χ0n) is 14.1. The molecule has 0 bridgehead atoms. The molecular formula is C16H13N3O9. The lowest BCUT2D eigenvalue weighted by Gasteiger charge is -2.08. The summed E-state index contributed by atoms with van der Waals surface area (Å²) in [4.78, 5) is 42.9. The first-order valence-electron chi connectivity index (χ1n) is 7.64. The van der Waals surface area contributed by atoms with E-state index in [0.717, 1.165) is 0 Å². The molecule has 0 aliphatic heterocycles. The quantitative estimate of drug-likeness (QED) is 0.246. The molecule has 12 nitrogen and oxygen atoms in total. The van der Waals surface area contributed by atoms with Crippen LogP contribution in [0.15, 0.2) is 48.5 Å². The van der Waals surface area contributed by atoms with Gasteiger partial charge in [0.05, 0.1) is 16.4 Å². The van der Waals surface area contributed by atoms with Crippen LogP contribution >= 0.6 is 0 Å². The van der Waals surface area contributed by atoms with Crippen molar-refractivity contribution in [3.8, 4) is 11.5 Å². The molecule has 0 saturated heterocycles. The van der Waals surface area contributed by atoms with E-state index >= 15 is 0 Å². The van der Waals surface area contributed by atoms with Crippen LogP contribution in [0.5, 0.6) is 11.5 Å². The third kappa shape index (κ3) is 6.25. The van der Waals surface area contributed by atoms with Gasteiger partial charge in [0, 0.05) is 24.3 Å². The second-order valence-corrected chi connectivity index (χ2v) is 5.02. The number of rotatable bonds is 7. The Hall–Kier alpha value is -4.22. The van der Waals surface area contributed by atoms with Gasteiger partial charge in [0.15, 0.2) is 0 Å². The molecule has 0 atom stereocenters. The van der Waals surface area contributed by atoms with Crippen LogP contribution < -0.4 is 14.8 Å². The van der Waals surface area contributed by atoms with E-state index in [1.54, 1.807) is 0 Å². The van der Waals surface area contributed by atoms with Crippen molar-refractivity contribution in [2.24, 2.45) is 0 Å². The number of carbonyl (C=O) groups excluding carboxylic acids is 2. The Bertz CT molecular complexity index is 792. The van der Waals surface area contributed by atoms with Gasteiger partial charge in [0.2, 0.25) is 0 Å². The lowest BCUT2D eigenvalue weighted by molar-refractivity contribution is -0.385. The number of ether oxygens (including phenoxy) is 3. The Labute approximate surface area is 156 Å². The predicted molar refractivity (Wildman–Crippen MR) is 92.2 cm³/mol. The van der Waals surface area contributed by atoms with Crippen LogP contribution in [0, 0.1) is 20.2 Å². The molecule has 0 aliphatic rings. The highest BCUT2D eigenvalue weighted by atomic mass is 16.7. The summed E-state index contributed by atoms with van der Waals surface area (Å²) in [5, 5.41) is 23.4. The molecule has 0 unspecified atom stereocenters. The molecule has 0 saturated carbocycles. The van der Waals surface area contributed by atoms with E-state index < -0.39 is 22.1 Å². The minimum absolute atomic E-state index is 0.0566. The lowest BCUT2D eigenvalue weighted by Crippen LogP contribution is -2.30. The van der Waals surface area contributed by atoms with Crippen LogP contribution in [0.4, 0.5) is 21.0 Å². The van der Waals surface area contributed by atoms with Gasteiger partial charge in [0.25, 0.3) is 11.4 Å². The number of nitro benzene ring substituents is 2. The highest BCUT2D eigenvalue weighted by molar-refractivity contribution is 5.70. The van der Waals surface area contributed by atoms with Gasteiger partial charge in [-0.15, -0.1) is 0 Å². The van der Waals surface area contributed by atoms with Crippen molar-refractivity contribution in [1.82, 2.24) is 5.32 Å². The normalized spacial score (nSPS) is 9.86. The van der Waals surface area contributed by atoms with Gasteiger partial charge in [-0.05, 0) is 24.3 Å². The molecule has 1 N–H and O–H groups in total. The Morgan fingerprint density at radius 2 is 1.29 bits per heavy atom. The maximum absolute atomic E-state index is 11.6. The fourth-order valence-corrected chi connectivity index (χ4v) is 1.83. The SMILES string of the molecule is O=C(NCCOC(=O)Oc1ccc([N+](=O)[O-])cc1)Oc1ccc([N+](=O)[O-])cc1. The highest BCUT2D eigenvalue weighted by Gasteiger charge is 2.10. The standard InChI is InChI=1S/C16H13N3O9/c20-15(27-13-5-1-11(2-6-13)18(22)23)17-9-10-26-16(21)28-14-7-3-12(4-8-14)19(24)25/h1-8H,9-10H2,(H,17,20). The van der Waals surface area contributed by atoms with Gasteiger partial charge in [-0.2, -0.15) is 0 Å². The van der Waals surface area contributed by atoms with E-state index in [9.17, 15) is 29.8 Å². The maximum atomic E-state index is 11.6. The molecule has 0 aliphatic carbocycles. The second kappa shape index (κ2) is 9.47. The molecule has 0 heterocycles. The van der Waals surface area contributed by atoms with Crippen molar-refractivity contribution in [2.45, 2.75) is 0 Å². The topological polar surface area (TPSA) is 160 Å². The smallest absolute Gasteiger partial charge is 0.432 e. The first-order valence-corrected chi connectivity index (χ1v) is 7.64. The molecule has 146 valence electrons. The highest BCUT2D eigenvalue weighted by Crippen LogP contribution is 2.18. The first-order chi connectivity index (χ1) is 13.3. The van der Waals surface area contributed by atoms with E-state index in [4.69, 9.17) is 14.2 Å². The van der Waals surface area contributed by atoms with Crippen LogP contribution in [0.25, 0.3) is 0 Å². The third-order valence-electron chi connectivity index (χ3n) is 3.10. The molecule has 0 spiro atoms. The fraction of sp³-hybridized carbons (Fsp3) is 0.125. The van der Waals surface area contributed by atoms with Crippen molar-refractivity contribution in [3.05, 3.63) is 68.8 Å². The summed E-state index contributed by atoms with van der Waals surface area (Å²) in [5.74, 6) is 0.155. The number of benzene rings is 2. The second-order valence-electron chi connectivity index (χ2n) is 5.02. The summed E-state index contributed by atoms with van der Waals surface area (Å²) >= 11 is 0. The van der Waals surface area contributed by atoms with Gasteiger partial charge < -0.3 is 19.5 Å². The summed E-state index contributed by atoms with van der Waals surface area (Å²) in [6.07, 6.45) is -1.90. The lowest BCUT2D eigenvalue weighted by atomic mass is 10.3. The molecular weight excluding hydrogens is 378 g/mol. The average Bonchev–Trinajstić information content (AvgIpc) is 2.66. The van der Waals surface area contributed by atoms with Crippen LogP contribution in [0.3, 0.4) is 0 Å². The molecule has 2 aromatic rings. The molecule has 12 heteroatoms. The predicted octanol–water partition coefficient (Wildman–Crippen LogP) is 2.81. The summed E-state index contributed by atoms with van der Waals surface area (Å²) in [6.45, 7) is -0.303. The van der Waals surface area contributed by atoms with E-state index in [2.05, 4.69) is 5.32 Å². The molecule has 0 fully saturated rings. The van der Waals surface area contributed by atoms with E-state index in [-0.39, 0.29) is 36.0 Å². The van der Waals surface area contributed by atoms with E-state index in [0.29, 0.717) is 0 Å². The molecule has 28 heavy (non-hydrogen) atoms. The largest absolute Gasteiger partial charge is 0.513 e. The van der Waals surface area contributed by atoms with Gasteiger partial charge in [-0.3, -0.25) is 20.2 Å². The minimum Gasteiger partial charge on any atom is -0.432 e. The Kier molecular flexibility index (Phi) is 6.80. The zero-order chi connectivity index (χ0) is 20.5. The summed E-state index contributed by atoms with van der Waals surface area (Å²) < 4.78 is 14.4. The van der Waals surface area contributed by atoms with Crippen LogP contribution in [-0.2, 0) is 4.74 Å². The number of non-ortho nitro benzene ring substituents is 2. The molecule has 0 radical (unpaired) electrons. The Balaban J connectivity index is 1.67. The van der Waals surface area contributed by atoms with Crippen molar-refractivity contribution in [3.63, 3.8) is 0 Å². The van der Waals surface area contributed by atoms with Crippen LogP contribution in [0.1, 0.15) is 0 Å². The van der Waals surface area contributed by atoms with Gasteiger partial charge in [-0.1, -0.05) is 0 Å². The third-order valence-corrected chi connectivity index (χ3v) is 3.10. The summed E-state index contributed by atoms with van der Waals surface area (Å²) in [6, 6.07) is 9.68. The fourth-order valence-electron chi connectivity index (χ4n) is 1.83. The van der Waals surface area contributed by atoms with Crippen molar-refractivity contribution in [1.29, 1.82) is 0 Å². The summed E-state index contributed by atoms with van der Waals surface area (Å²) in [7, 11) is 0. The van der Waals surface area contributed by atoms with E-state index in [1.807, 2.05) is 0 Å².